The second-order valence-electron chi connectivity index (χ2n) is 10.8. The zero-order chi connectivity index (χ0) is 34.1. The first-order valence-electron chi connectivity index (χ1n) is 14.9. The van der Waals surface area contributed by atoms with E-state index >= 15 is 4.39 Å². The lowest BCUT2D eigenvalue weighted by atomic mass is 9.89. The van der Waals surface area contributed by atoms with E-state index in [4.69, 9.17) is 19.5 Å². The molecule has 0 spiro atoms. The molecule has 0 radical (unpaired) electrons. The van der Waals surface area contributed by atoms with Crippen LogP contribution in [0.25, 0.3) is 6.08 Å². The molecule has 1 aliphatic heterocycles. The predicted molar refractivity (Wildman–Crippen MR) is 172 cm³/mol. The van der Waals surface area contributed by atoms with Crippen LogP contribution in [0.3, 0.4) is 0 Å². The van der Waals surface area contributed by atoms with Crippen molar-refractivity contribution in [2.75, 3.05) is 13.2 Å². The SMILES string of the molecule is CC(SC1COC(C=CC=Cc2ccc(C#N)cc2F)OC1)C(Cn1cncn1)(OC(=O)c1ccccc1CO)c1ccc(F)cc1F. The van der Waals surface area contributed by atoms with E-state index in [1.54, 1.807) is 49.4 Å². The molecule has 248 valence electrons. The van der Waals surface area contributed by atoms with Crippen LogP contribution in [0.5, 0.6) is 0 Å². The van der Waals surface area contributed by atoms with E-state index in [1.807, 2.05) is 6.07 Å². The number of nitriles is 1. The maximum atomic E-state index is 15.7. The number of aliphatic hydroxyl groups is 1. The van der Waals surface area contributed by atoms with Crippen molar-refractivity contribution in [3.8, 4) is 6.07 Å². The quantitative estimate of drug-likeness (QED) is 0.144. The summed E-state index contributed by atoms with van der Waals surface area (Å²) in [5.41, 5.74) is -0.840. The second-order valence-corrected chi connectivity index (χ2v) is 12.5. The van der Waals surface area contributed by atoms with Crippen LogP contribution in [-0.2, 0) is 33.0 Å². The number of hydrogen-bond donors (Lipinski definition) is 1. The summed E-state index contributed by atoms with van der Waals surface area (Å²) in [4.78, 5) is 17.7. The molecule has 0 saturated carbocycles. The normalized spacial score (nSPS) is 18.4. The molecule has 1 N–H and O–H groups in total. The van der Waals surface area contributed by atoms with Gasteiger partial charge >= 0.3 is 5.97 Å². The van der Waals surface area contributed by atoms with Gasteiger partial charge in [-0.2, -0.15) is 10.4 Å². The first-order valence-corrected chi connectivity index (χ1v) is 15.8. The van der Waals surface area contributed by atoms with Gasteiger partial charge in [0.05, 0.1) is 48.8 Å². The van der Waals surface area contributed by atoms with Crippen LogP contribution in [0.4, 0.5) is 13.2 Å². The van der Waals surface area contributed by atoms with Crippen molar-refractivity contribution in [1.82, 2.24) is 14.8 Å². The van der Waals surface area contributed by atoms with E-state index in [0.717, 1.165) is 18.2 Å². The Morgan fingerprint density at radius 3 is 2.62 bits per heavy atom. The summed E-state index contributed by atoms with van der Waals surface area (Å²) < 4.78 is 63.3. The summed E-state index contributed by atoms with van der Waals surface area (Å²) in [7, 11) is 0. The molecule has 4 aromatic rings. The van der Waals surface area contributed by atoms with E-state index in [-0.39, 0.29) is 41.7 Å². The third-order valence-electron chi connectivity index (χ3n) is 7.66. The number of rotatable bonds is 12. The summed E-state index contributed by atoms with van der Waals surface area (Å²) in [6.07, 6.45) is 8.50. The van der Waals surface area contributed by atoms with Crippen molar-refractivity contribution in [1.29, 1.82) is 5.26 Å². The van der Waals surface area contributed by atoms with Gasteiger partial charge in [0.15, 0.2) is 11.9 Å². The van der Waals surface area contributed by atoms with E-state index < -0.39 is 47.2 Å². The zero-order valence-corrected chi connectivity index (χ0v) is 26.5. The van der Waals surface area contributed by atoms with Gasteiger partial charge in [-0.25, -0.2) is 27.6 Å². The van der Waals surface area contributed by atoms with Gasteiger partial charge in [0, 0.05) is 22.4 Å². The molecule has 3 aromatic carbocycles. The first kappa shape index (κ1) is 34.6. The Kier molecular flexibility index (Phi) is 11.5. The van der Waals surface area contributed by atoms with Crippen LogP contribution in [0.1, 0.15) is 39.5 Å². The number of allylic oxidation sites excluding steroid dienone is 2. The molecule has 2 heterocycles. The monoisotopic (exact) mass is 676 g/mol. The third-order valence-corrected chi connectivity index (χ3v) is 9.11. The van der Waals surface area contributed by atoms with Gasteiger partial charge in [0.1, 0.15) is 30.1 Å². The van der Waals surface area contributed by atoms with Crippen LogP contribution in [-0.4, -0.2) is 55.8 Å². The van der Waals surface area contributed by atoms with Gasteiger partial charge in [-0.1, -0.05) is 42.5 Å². The molecule has 1 saturated heterocycles. The number of halogens is 3. The Hall–Kier alpha value is -4.74. The van der Waals surface area contributed by atoms with Gasteiger partial charge in [-0.3, -0.25) is 0 Å². The number of carbonyl (C=O) groups excluding carboxylic acids is 1. The van der Waals surface area contributed by atoms with Crippen molar-refractivity contribution < 1.29 is 37.3 Å². The van der Waals surface area contributed by atoms with Crippen molar-refractivity contribution >= 4 is 23.8 Å². The van der Waals surface area contributed by atoms with Gasteiger partial charge < -0.3 is 19.3 Å². The van der Waals surface area contributed by atoms with Gasteiger partial charge in [-0.05, 0) is 48.9 Å². The highest BCUT2D eigenvalue weighted by Crippen LogP contribution is 2.42. The minimum atomic E-state index is -1.74. The standard InChI is InChI=1S/C35H31F3N4O5S/c1-23(48-28-18-45-33(46-19-28)9-5-3-6-25-11-10-24(16-39)14-31(25)37)35(20-42-22-40-21-41-42,30-13-12-27(36)15-32(30)38)47-34(44)29-8-4-2-7-26(29)17-43/h2-15,21-23,28,33,43H,17-20H2,1H3. The van der Waals surface area contributed by atoms with E-state index in [2.05, 4.69) is 10.1 Å². The van der Waals surface area contributed by atoms with Crippen LogP contribution < -0.4 is 0 Å². The molecule has 1 aromatic heterocycles. The Labute approximate surface area is 279 Å². The highest BCUT2D eigenvalue weighted by molar-refractivity contribution is 8.00. The molecule has 0 bridgehead atoms. The smallest absolute Gasteiger partial charge is 0.339 e. The zero-order valence-electron chi connectivity index (χ0n) is 25.7. The lowest BCUT2D eigenvalue weighted by Crippen LogP contribution is -2.47. The van der Waals surface area contributed by atoms with E-state index in [1.165, 1.54) is 53.4 Å². The number of carbonyl (C=O) groups is 1. The summed E-state index contributed by atoms with van der Waals surface area (Å²) in [6, 6.07) is 15.5. The minimum Gasteiger partial charge on any atom is -0.447 e. The highest BCUT2D eigenvalue weighted by Gasteiger charge is 2.47. The topological polar surface area (TPSA) is 119 Å². The molecular formula is C35H31F3N4O5S. The number of hydrogen-bond acceptors (Lipinski definition) is 9. The molecule has 2 unspecified atom stereocenters. The number of ether oxygens (including phenoxy) is 3. The fourth-order valence-corrected chi connectivity index (χ4v) is 6.56. The number of nitrogens with zero attached hydrogens (tertiary/aromatic N) is 4. The molecule has 2 atom stereocenters. The number of thioether (sulfide) groups is 1. The second kappa shape index (κ2) is 15.9. The molecule has 1 aliphatic rings. The Bertz CT molecular complexity index is 1820. The maximum absolute atomic E-state index is 15.7. The Balaban J connectivity index is 1.35. The van der Waals surface area contributed by atoms with Crippen LogP contribution in [0, 0.1) is 28.8 Å². The molecule has 0 amide bonds. The number of aliphatic hydroxyl groups excluding tert-OH is 1. The summed E-state index contributed by atoms with van der Waals surface area (Å²) in [6.45, 7) is 1.62. The molecule has 13 heteroatoms. The summed E-state index contributed by atoms with van der Waals surface area (Å²) in [5.74, 6) is -3.04. The lowest BCUT2D eigenvalue weighted by molar-refractivity contribution is -0.146. The van der Waals surface area contributed by atoms with Gasteiger partial charge in [0.25, 0.3) is 0 Å². The number of aromatic nitrogens is 3. The summed E-state index contributed by atoms with van der Waals surface area (Å²) in [5, 5.41) is 22.0. The van der Waals surface area contributed by atoms with Crippen LogP contribution in [0.2, 0.25) is 0 Å². The maximum Gasteiger partial charge on any atom is 0.339 e. The third kappa shape index (κ3) is 8.21. The molecule has 9 nitrogen and oxygen atoms in total. The molecule has 1 fully saturated rings. The number of esters is 1. The van der Waals surface area contributed by atoms with E-state index in [9.17, 15) is 18.7 Å². The van der Waals surface area contributed by atoms with Crippen LogP contribution >= 0.6 is 11.8 Å². The Morgan fingerprint density at radius 2 is 1.94 bits per heavy atom. The average Bonchev–Trinajstić information content (AvgIpc) is 3.60. The number of benzene rings is 3. The first-order chi connectivity index (χ1) is 23.2. The Morgan fingerprint density at radius 1 is 1.15 bits per heavy atom. The predicted octanol–water partition coefficient (Wildman–Crippen LogP) is 5.94. The fourth-order valence-electron chi connectivity index (χ4n) is 5.20. The summed E-state index contributed by atoms with van der Waals surface area (Å²) >= 11 is 1.34. The lowest BCUT2D eigenvalue weighted by Gasteiger charge is -2.40. The molecule has 0 aliphatic carbocycles. The van der Waals surface area contributed by atoms with E-state index in [0.29, 0.717) is 11.1 Å². The largest absolute Gasteiger partial charge is 0.447 e. The van der Waals surface area contributed by atoms with Crippen LogP contribution in [0.15, 0.2) is 91.5 Å². The van der Waals surface area contributed by atoms with Crippen molar-refractivity contribution in [2.45, 2.75) is 42.5 Å². The van der Waals surface area contributed by atoms with Crippen molar-refractivity contribution in [3.05, 3.63) is 137 Å². The van der Waals surface area contributed by atoms with Crippen molar-refractivity contribution in [3.63, 3.8) is 0 Å². The van der Waals surface area contributed by atoms with Crippen molar-refractivity contribution in [2.24, 2.45) is 0 Å². The molecule has 48 heavy (non-hydrogen) atoms. The average molecular weight is 677 g/mol. The fraction of sp³-hybridized carbons (Fsp3) is 0.257. The molecule has 5 rings (SSSR count). The van der Waals surface area contributed by atoms with Gasteiger partial charge in [-0.15, -0.1) is 11.8 Å². The minimum absolute atomic E-state index is 0.0711. The van der Waals surface area contributed by atoms with Gasteiger partial charge in [0.2, 0.25) is 0 Å². The molecular weight excluding hydrogens is 645 g/mol. The highest BCUT2D eigenvalue weighted by atomic mass is 32.2.